The van der Waals surface area contributed by atoms with Crippen LogP contribution in [0.4, 0.5) is 0 Å². The molecule has 0 unspecified atom stereocenters. The van der Waals surface area contributed by atoms with Crippen molar-refractivity contribution in [2.24, 2.45) is 0 Å². The fraction of sp³-hybridized carbons (Fsp3) is 0.167. The van der Waals surface area contributed by atoms with E-state index in [2.05, 4.69) is 65.0 Å². The number of aromatic nitrogens is 4. The van der Waals surface area contributed by atoms with Crippen LogP contribution in [0.3, 0.4) is 0 Å². The molecule has 0 radical (unpaired) electrons. The summed E-state index contributed by atoms with van der Waals surface area (Å²) in [7, 11) is 0. The van der Waals surface area contributed by atoms with Crippen LogP contribution in [0, 0.1) is 27.7 Å². The van der Waals surface area contributed by atoms with Crippen molar-refractivity contribution >= 4 is 17.5 Å². The van der Waals surface area contributed by atoms with Gasteiger partial charge in [0.2, 0.25) is 0 Å². The van der Waals surface area contributed by atoms with Crippen LogP contribution in [0.15, 0.2) is 90.1 Å². The lowest BCUT2D eigenvalue weighted by Gasteiger charge is -2.11. The van der Waals surface area contributed by atoms with E-state index >= 15 is 0 Å². The maximum atomic E-state index is 13.4. The summed E-state index contributed by atoms with van der Waals surface area (Å²) in [6.45, 7) is 8.18. The van der Waals surface area contributed by atoms with Gasteiger partial charge in [-0.25, -0.2) is 0 Å². The van der Waals surface area contributed by atoms with Crippen molar-refractivity contribution < 1.29 is 4.79 Å². The summed E-state index contributed by atoms with van der Waals surface area (Å²) in [5.74, 6) is 1.11. The molecule has 2 heterocycles. The average molecular weight is 493 g/mol. The molecule has 0 spiro atoms. The van der Waals surface area contributed by atoms with Crippen LogP contribution in [0.25, 0.3) is 22.8 Å². The largest absolute Gasteiger partial charge is 0.318 e. The van der Waals surface area contributed by atoms with Gasteiger partial charge in [0, 0.05) is 33.9 Å². The van der Waals surface area contributed by atoms with Crippen LogP contribution in [-0.2, 0) is 0 Å². The molecule has 5 aromatic rings. The van der Waals surface area contributed by atoms with Crippen LogP contribution in [0.5, 0.6) is 0 Å². The number of hydrogen-bond donors (Lipinski definition) is 0. The average Bonchev–Trinajstić information content (AvgIpc) is 3.44. The summed E-state index contributed by atoms with van der Waals surface area (Å²) in [6, 6.07) is 28.6. The number of nitrogens with zero attached hydrogens (tertiary/aromatic N) is 4. The van der Waals surface area contributed by atoms with Crippen molar-refractivity contribution in [2.45, 2.75) is 32.9 Å². The smallest absolute Gasteiger partial charge is 0.196 e. The number of thioether (sulfide) groups is 1. The number of hydrogen-bond acceptors (Lipinski definition) is 4. The highest BCUT2D eigenvalue weighted by atomic mass is 32.2. The number of Topliss-reactive ketones (excluding diaryl/α,β-unsaturated/α-hetero) is 1. The predicted molar refractivity (Wildman–Crippen MR) is 147 cm³/mol. The van der Waals surface area contributed by atoms with Gasteiger partial charge in [0.25, 0.3) is 0 Å². The van der Waals surface area contributed by atoms with E-state index < -0.39 is 0 Å². The molecular weight excluding hydrogens is 464 g/mol. The Hall–Kier alpha value is -3.90. The number of benzene rings is 3. The second kappa shape index (κ2) is 9.99. The van der Waals surface area contributed by atoms with Crippen LogP contribution in [0.1, 0.15) is 32.9 Å². The van der Waals surface area contributed by atoms with Crippen LogP contribution >= 0.6 is 11.8 Å². The van der Waals surface area contributed by atoms with E-state index in [0.29, 0.717) is 5.16 Å². The third-order valence-corrected chi connectivity index (χ3v) is 7.21. The molecule has 6 heteroatoms. The predicted octanol–water partition coefficient (Wildman–Crippen LogP) is 6.93. The molecular formula is C30H28N4OS. The van der Waals surface area contributed by atoms with Crippen LogP contribution < -0.4 is 0 Å². The Balaban J connectivity index is 1.45. The van der Waals surface area contributed by atoms with Gasteiger partial charge in [-0.3, -0.25) is 9.36 Å². The molecule has 3 aromatic carbocycles. The Bertz CT molecular complexity index is 1530. The van der Waals surface area contributed by atoms with Crippen LogP contribution in [0.2, 0.25) is 0 Å². The van der Waals surface area contributed by atoms with Gasteiger partial charge in [-0.05, 0) is 64.1 Å². The van der Waals surface area contributed by atoms with E-state index in [1.807, 2.05) is 66.9 Å². The van der Waals surface area contributed by atoms with E-state index in [-0.39, 0.29) is 11.5 Å². The first-order chi connectivity index (χ1) is 17.4. The highest BCUT2D eigenvalue weighted by Gasteiger charge is 2.20. The van der Waals surface area contributed by atoms with Gasteiger partial charge in [0.15, 0.2) is 16.8 Å². The maximum Gasteiger partial charge on any atom is 0.196 e. The lowest BCUT2D eigenvalue weighted by Crippen LogP contribution is -2.07. The fourth-order valence-corrected chi connectivity index (χ4v) is 5.32. The van der Waals surface area contributed by atoms with Gasteiger partial charge in [0.05, 0.1) is 5.75 Å². The number of para-hydroxylation sites is 1. The molecule has 0 N–H and O–H groups in total. The highest BCUT2D eigenvalue weighted by molar-refractivity contribution is 7.99. The molecule has 0 aliphatic carbocycles. The topological polar surface area (TPSA) is 52.7 Å². The summed E-state index contributed by atoms with van der Waals surface area (Å²) in [5, 5.41) is 9.69. The van der Waals surface area contributed by atoms with E-state index in [4.69, 9.17) is 0 Å². The van der Waals surface area contributed by atoms with Gasteiger partial charge in [-0.1, -0.05) is 71.4 Å². The number of carbonyl (C=O) groups is 1. The van der Waals surface area contributed by atoms with Gasteiger partial charge in [-0.2, -0.15) is 0 Å². The standard InChI is InChI=1S/C30H28N4OS/c1-20-13-15-26(16-14-20)33-22(3)18-27(23(33)4)28(35)19-36-30-32-31-29(24-10-8-9-21(2)17-24)34(30)25-11-6-5-7-12-25/h5-18H,19H2,1-4H3. The minimum Gasteiger partial charge on any atom is -0.318 e. The molecule has 0 aliphatic rings. The lowest BCUT2D eigenvalue weighted by atomic mass is 10.1. The van der Waals surface area contributed by atoms with E-state index in [1.165, 1.54) is 17.3 Å². The third kappa shape index (κ3) is 4.64. The number of aryl methyl sites for hydroxylation is 3. The molecule has 0 bridgehead atoms. The minimum atomic E-state index is 0.0752. The molecule has 0 aliphatic heterocycles. The fourth-order valence-electron chi connectivity index (χ4n) is 4.49. The minimum absolute atomic E-state index is 0.0752. The van der Waals surface area contributed by atoms with E-state index in [9.17, 15) is 4.79 Å². The molecule has 0 fully saturated rings. The van der Waals surface area contributed by atoms with Gasteiger partial charge < -0.3 is 4.57 Å². The number of carbonyl (C=O) groups excluding carboxylic acids is 1. The zero-order chi connectivity index (χ0) is 25.2. The Labute approximate surface area is 215 Å². The SMILES string of the molecule is Cc1ccc(-n2c(C)cc(C(=O)CSc3nnc(-c4cccc(C)c4)n3-c3ccccc3)c2C)cc1. The van der Waals surface area contributed by atoms with Crippen molar-refractivity contribution in [2.75, 3.05) is 5.75 Å². The second-order valence-corrected chi connectivity index (χ2v) is 9.96. The van der Waals surface area contributed by atoms with Crippen molar-refractivity contribution in [3.05, 3.63) is 113 Å². The van der Waals surface area contributed by atoms with Crippen molar-refractivity contribution in [3.8, 4) is 22.8 Å². The molecule has 180 valence electrons. The van der Waals surface area contributed by atoms with Crippen molar-refractivity contribution in [1.82, 2.24) is 19.3 Å². The summed E-state index contributed by atoms with van der Waals surface area (Å²) < 4.78 is 4.17. The molecule has 0 saturated heterocycles. The van der Waals surface area contributed by atoms with E-state index in [0.717, 1.165) is 45.3 Å². The van der Waals surface area contributed by atoms with Crippen molar-refractivity contribution in [3.63, 3.8) is 0 Å². The van der Waals surface area contributed by atoms with Gasteiger partial charge in [-0.15, -0.1) is 10.2 Å². The van der Waals surface area contributed by atoms with Crippen LogP contribution in [-0.4, -0.2) is 30.9 Å². The lowest BCUT2D eigenvalue weighted by molar-refractivity contribution is 0.102. The summed E-state index contributed by atoms with van der Waals surface area (Å²) >= 11 is 1.42. The number of rotatable bonds is 7. The summed E-state index contributed by atoms with van der Waals surface area (Å²) in [6.07, 6.45) is 0. The first-order valence-electron chi connectivity index (χ1n) is 11.9. The van der Waals surface area contributed by atoms with Crippen molar-refractivity contribution in [1.29, 1.82) is 0 Å². The highest BCUT2D eigenvalue weighted by Crippen LogP contribution is 2.30. The van der Waals surface area contributed by atoms with E-state index in [1.54, 1.807) is 0 Å². The summed E-state index contributed by atoms with van der Waals surface area (Å²) in [5.41, 5.74) is 8.12. The summed E-state index contributed by atoms with van der Waals surface area (Å²) in [4.78, 5) is 13.4. The normalized spacial score (nSPS) is 11.1. The molecule has 2 aromatic heterocycles. The molecule has 5 nitrogen and oxygen atoms in total. The Morgan fingerprint density at radius 3 is 2.19 bits per heavy atom. The monoisotopic (exact) mass is 492 g/mol. The molecule has 0 saturated carbocycles. The molecule has 0 amide bonds. The Morgan fingerprint density at radius 2 is 1.47 bits per heavy atom. The molecule has 36 heavy (non-hydrogen) atoms. The maximum absolute atomic E-state index is 13.4. The first kappa shape index (κ1) is 23.8. The quantitative estimate of drug-likeness (QED) is 0.183. The third-order valence-electron chi connectivity index (χ3n) is 6.28. The van der Waals surface area contributed by atoms with Gasteiger partial charge in [0.1, 0.15) is 0 Å². The Kier molecular flexibility index (Phi) is 6.61. The zero-order valence-electron chi connectivity index (χ0n) is 20.9. The Morgan fingerprint density at radius 1 is 0.750 bits per heavy atom. The van der Waals surface area contributed by atoms with Gasteiger partial charge >= 0.3 is 0 Å². The molecule has 5 rings (SSSR count). The number of ketones is 1. The second-order valence-electron chi connectivity index (χ2n) is 9.01. The zero-order valence-corrected chi connectivity index (χ0v) is 21.7. The molecule has 0 atom stereocenters. The first-order valence-corrected chi connectivity index (χ1v) is 12.9.